The molecule has 2 nitrogen and oxygen atoms in total. The first-order chi connectivity index (χ1) is 9.35. The van der Waals surface area contributed by atoms with Crippen molar-refractivity contribution in [2.45, 2.75) is 25.9 Å². The van der Waals surface area contributed by atoms with E-state index in [1.54, 1.807) is 0 Å². The highest BCUT2D eigenvalue weighted by Crippen LogP contribution is 2.22. The fourth-order valence-electron chi connectivity index (χ4n) is 2.49. The van der Waals surface area contributed by atoms with Gasteiger partial charge in [-0.1, -0.05) is 26.0 Å². The number of benzene rings is 1. The van der Waals surface area contributed by atoms with Crippen molar-refractivity contribution in [3.63, 3.8) is 0 Å². The molecule has 0 amide bonds. The van der Waals surface area contributed by atoms with Gasteiger partial charge in [0, 0.05) is 31.9 Å². The molecule has 0 saturated carbocycles. The molecule has 0 atom stereocenters. The normalized spacial score (nSPS) is 17.8. The van der Waals surface area contributed by atoms with E-state index < -0.39 is 12.7 Å². The maximum Gasteiger partial charge on any atom is 0.401 e. The standard InChI is InChI=1S/C15H21F3N2/c1-12(2)13-3-5-14(6-4-13)20-9-7-19(8-10-20)11-15(16,17)18/h3-6,12H,7-11H2,1-2H3. The third-order valence-electron chi connectivity index (χ3n) is 3.70. The Bertz CT molecular complexity index is 418. The quantitative estimate of drug-likeness (QED) is 0.839. The molecule has 5 heteroatoms. The van der Waals surface area contributed by atoms with E-state index in [9.17, 15) is 13.2 Å². The number of alkyl halides is 3. The number of hydrogen-bond acceptors (Lipinski definition) is 2. The van der Waals surface area contributed by atoms with Crippen LogP contribution in [0.4, 0.5) is 18.9 Å². The van der Waals surface area contributed by atoms with E-state index in [4.69, 9.17) is 0 Å². The highest BCUT2D eigenvalue weighted by atomic mass is 19.4. The molecule has 0 bridgehead atoms. The van der Waals surface area contributed by atoms with Crippen molar-refractivity contribution in [1.29, 1.82) is 0 Å². The average molecular weight is 286 g/mol. The van der Waals surface area contributed by atoms with Crippen molar-refractivity contribution >= 4 is 5.69 Å². The number of halogens is 3. The van der Waals surface area contributed by atoms with Crippen LogP contribution in [0.3, 0.4) is 0 Å². The van der Waals surface area contributed by atoms with Crippen molar-refractivity contribution in [1.82, 2.24) is 4.90 Å². The van der Waals surface area contributed by atoms with Crippen LogP contribution in [-0.2, 0) is 0 Å². The molecule has 0 N–H and O–H groups in total. The Morgan fingerprint density at radius 2 is 1.55 bits per heavy atom. The van der Waals surface area contributed by atoms with Gasteiger partial charge in [0.15, 0.2) is 0 Å². The zero-order chi connectivity index (χ0) is 14.8. The van der Waals surface area contributed by atoms with Gasteiger partial charge in [0.2, 0.25) is 0 Å². The molecule has 0 spiro atoms. The van der Waals surface area contributed by atoms with Gasteiger partial charge < -0.3 is 4.90 Å². The molecular formula is C15H21F3N2. The van der Waals surface area contributed by atoms with Crippen LogP contribution in [0.1, 0.15) is 25.3 Å². The van der Waals surface area contributed by atoms with Crippen molar-refractivity contribution < 1.29 is 13.2 Å². The number of hydrogen-bond donors (Lipinski definition) is 0. The lowest BCUT2D eigenvalue weighted by atomic mass is 10.0. The van der Waals surface area contributed by atoms with Crippen LogP contribution in [0, 0.1) is 0 Å². The summed E-state index contributed by atoms with van der Waals surface area (Å²) in [4.78, 5) is 3.62. The van der Waals surface area contributed by atoms with Crippen LogP contribution in [0.25, 0.3) is 0 Å². The molecule has 1 aliphatic rings. The Kier molecular flexibility index (Phi) is 4.58. The molecule has 112 valence electrons. The smallest absolute Gasteiger partial charge is 0.369 e. The van der Waals surface area contributed by atoms with Crippen LogP contribution in [-0.4, -0.2) is 43.8 Å². The van der Waals surface area contributed by atoms with Gasteiger partial charge in [0.05, 0.1) is 6.54 Å². The Morgan fingerprint density at radius 3 is 2.00 bits per heavy atom. The summed E-state index contributed by atoms with van der Waals surface area (Å²) in [5.41, 5.74) is 2.38. The van der Waals surface area contributed by atoms with Gasteiger partial charge in [-0.2, -0.15) is 13.2 Å². The van der Waals surface area contributed by atoms with Crippen molar-refractivity contribution in [2.24, 2.45) is 0 Å². The molecule has 1 aliphatic heterocycles. The maximum absolute atomic E-state index is 12.3. The Labute approximate surface area is 118 Å². The second-order valence-electron chi connectivity index (χ2n) is 5.62. The largest absolute Gasteiger partial charge is 0.401 e. The topological polar surface area (TPSA) is 6.48 Å². The Hall–Kier alpha value is -1.23. The summed E-state index contributed by atoms with van der Waals surface area (Å²) in [7, 11) is 0. The van der Waals surface area contributed by atoms with Crippen molar-refractivity contribution in [3.05, 3.63) is 29.8 Å². The van der Waals surface area contributed by atoms with Gasteiger partial charge >= 0.3 is 6.18 Å². The minimum Gasteiger partial charge on any atom is -0.369 e. The Morgan fingerprint density at radius 1 is 1.00 bits per heavy atom. The third kappa shape index (κ3) is 4.13. The SMILES string of the molecule is CC(C)c1ccc(N2CCN(CC(F)(F)F)CC2)cc1. The molecule has 0 aromatic heterocycles. The second-order valence-corrected chi connectivity index (χ2v) is 5.62. The van der Waals surface area contributed by atoms with E-state index in [0.29, 0.717) is 32.1 Å². The summed E-state index contributed by atoms with van der Waals surface area (Å²) in [6.07, 6.45) is -4.10. The minimum atomic E-state index is -4.10. The molecule has 1 heterocycles. The lowest BCUT2D eigenvalue weighted by Crippen LogP contribution is -2.49. The zero-order valence-electron chi connectivity index (χ0n) is 12.0. The van der Waals surface area contributed by atoms with Gasteiger partial charge in [-0.3, -0.25) is 4.90 Å². The first kappa shape index (κ1) is 15.2. The predicted octanol–water partition coefficient (Wildman–Crippen LogP) is 3.49. The average Bonchev–Trinajstić information content (AvgIpc) is 2.38. The highest BCUT2D eigenvalue weighted by molar-refractivity contribution is 5.48. The third-order valence-corrected chi connectivity index (χ3v) is 3.70. The first-order valence-electron chi connectivity index (χ1n) is 6.99. The van der Waals surface area contributed by atoms with Crippen LogP contribution < -0.4 is 4.90 Å². The molecule has 1 aromatic carbocycles. The molecule has 1 fully saturated rings. The molecule has 0 unspecified atom stereocenters. The summed E-state index contributed by atoms with van der Waals surface area (Å²) in [5.74, 6) is 0.493. The molecule has 2 rings (SSSR count). The van der Waals surface area contributed by atoms with Crippen LogP contribution in [0.15, 0.2) is 24.3 Å². The summed E-state index contributed by atoms with van der Waals surface area (Å²) in [6.45, 7) is 5.72. The number of piperazine rings is 1. The van der Waals surface area contributed by atoms with Gasteiger partial charge in [-0.05, 0) is 23.6 Å². The highest BCUT2D eigenvalue weighted by Gasteiger charge is 2.32. The zero-order valence-corrected chi connectivity index (χ0v) is 12.0. The van der Waals surface area contributed by atoms with E-state index in [0.717, 1.165) is 5.69 Å². The molecular weight excluding hydrogens is 265 g/mol. The second kappa shape index (κ2) is 6.04. The van der Waals surface area contributed by atoms with Gasteiger partial charge in [-0.25, -0.2) is 0 Å². The van der Waals surface area contributed by atoms with E-state index in [1.807, 2.05) is 0 Å². The molecule has 1 aromatic rings. The maximum atomic E-state index is 12.3. The fraction of sp³-hybridized carbons (Fsp3) is 0.600. The van der Waals surface area contributed by atoms with E-state index in [-0.39, 0.29) is 0 Å². The van der Waals surface area contributed by atoms with Gasteiger partial charge in [0.1, 0.15) is 0 Å². The first-order valence-corrected chi connectivity index (χ1v) is 6.99. The number of anilines is 1. The summed E-state index contributed by atoms with van der Waals surface area (Å²) in [5, 5.41) is 0. The minimum absolute atomic E-state index is 0.464. The van der Waals surface area contributed by atoms with Crippen molar-refractivity contribution in [3.8, 4) is 0 Å². The van der Waals surface area contributed by atoms with Crippen LogP contribution in [0.5, 0.6) is 0 Å². The number of rotatable bonds is 3. The molecule has 0 aliphatic carbocycles. The van der Waals surface area contributed by atoms with Crippen molar-refractivity contribution in [2.75, 3.05) is 37.6 Å². The number of nitrogens with zero attached hydrogens (tertiary/aromatic N) is 2. The lowest BCUT2D eigenvalue weighted by molar-refractivity contribution is -0.146. The molecule has 1 saturated heterocycles. The summed E-state index contributed by atoms with van der Waals surface area (Å²) in [6, 6.07) is 8.33. The Balaban J connectivity index is 1.90. The lowest BCUT2D eigenvalue weighted by Gasteiger charge is -2.36. The van der Waals surface area contributed by atoms with Crippen LogP contribution in [0.2, 0.25) is 0 Å². The molecule has 20 heavy (non-hydrogen) atoms. The van der Waals surface area contributed by atoms with E-state index in [2.05, 4.69) is 43.0 Å². The van der Waals surface area contributed by atoms with Crippen LogP contribution >= 0.6 is 0 Å². The van der Waals surface area contributed by atoms with E-state index >= 15 is 0 Å². The predicted molar refractivity (Wildman–Crippen MR) is 75.2 cm³/mol. The van der Waals surface area contributed by atoms with Gasteiger partial charge in [0.25, 0.3) is 0 Å². The van der Waals surface area contributed by atoms with E-state index in [1.165, 1.54) is 10.5 Å². The monoisotopic (exact) mass is 286 g/mol. The van der Waals surface area contributed by atoms with Gasteiger partial charge in [-0.15, -0.1) is 0 Å². The fourth-order valence-corrected chi connectivity index (χ4v) is 2.49. The summed E-state index contributed by atoms with van der Waals surface area (Å²) < 4.78 is 37.0. The molecule has 0 radical (unpaired) electrons. The summed E-state index contributed by atoms with van der Waals surface area (Å²) >= 11 is 0.